The van der Waals surface area contributed by atoms with Gasteiger partial charge in [0.05, 0.1) is 6.33 Å². The molecule has 0 amide bonds. The summed E-state index contributed by atoms with van der Waals surface area (Å²) >= 11 is 0. The number of H-pyrrole nitrogens is 1. The van der Waals surface area contributed by atoms with Gasteiger partial charge in [-0.15, -0.1) is 0 Å². The van der Waals surface area contributed by atoms with Gasteiger partial charge >= 0.3 is 5.97 Å². The van der Waals surface area contributed by atoms with Crippen LogP contribution in [0.2, 0.25) is 0 Å². The van der Waals surface area contributed by atoms with Crippen molar-refractivity contribution in [3.8, 4) is 0 Å². The Morgan fingerprint density at radius 2 is 2.12 bits per heavy atom. The van der Waals surface area contributed by atoms with Crippen molar-refractivity contribution >= 4 is 30.3 Å². The normalized spacial score (nSPS) is 20.5. The third-order valence-electron chi connectivity index (χ3n) is 2.89. The molecule has 4 heterocycles. The fraction of sp³-hybridized carbons (Fsp3) is 0.385. The molecule has 128 valence electrons. The zero-order valence-corrected chi connectivity index (χ0v) is 12.8. The Labute approximate surface area is 137 Å². The second-order valence-corrected chi connectivity index (χ2v) is 4.93. The monoisotopic (exact) mass is 333 g/mol. The van der Waals surface area contributed by atoms with Crippen molar-refractivity contribution in [2.75, 3.05) is 13.1 Å². The highest BCUT2D eigenvalue weighted by Crippen LogP contribution is 2.05. The molecule has 1 saturated heterocycles. The molecular formula is C13H19N9O2. The van der Waals surface area contributed by atoms with Gasteiger partial charge in [-0.3, -0.25) is 9.79 Å². The van der Waals surface area contributed by atoms with Gasteiger partial charge < -0.3 is 26.9 Å². The Morgan fingerprint density at radius 1 is 1.38 bits per heavy atom. The number of carboxylic acid groups (broad SMARTS) is 1. The van der Waals surface area contributed by atoms with Gasteiger partial charge in [0.25, 0.3) is 0 Å². The van der Waals surface area contributed by atoms with Crippen LogP contribution in [0.3, 0.4) is 0 Å². The van der Waals surface area contributed by atoms with Crippen LogP contribution in [0.15, 0.2) is 32.5 Å². The summed E-state index contributed by atoms with van der Waals surface area (Å²) in [5.41, 5.74) is 11.5. The minimum Gasteiger partial charge on any atom is -0.480 e. The Balaban J connectivity index is 0.000000148. The summed E-state index contributed by atoms with van der Waals surface area (Å²) in [5.74, 6) is 0.0922. The number of rotatable bonds is 3. The van der Waals surface area contributed by atoms with Crippen molar-refractivity contribution < 1.29 is 9.90 Å². The van der Waals surface area contributed by atoms with E-state index in [1.807, 2.05) is 0 Å². The zero-order chi connectivity index (χ0) is 17.4. The van der Waals surface area contributed by atoms with Gasteiger partial charge in [-0.2, -0.15) is 0 Å². The first-order valence-corrected chi connectivity index (χ1v) is 7.19. The Hall–Kier alpha value is -2.92. The van der Waals surface area contributed by atoms with E-state index in [9.17, 15) is 4.79 Å². The van der Waals surface area contributed by atoms with E-state index in [4.69, 9.17) is 16.6 Å². The lowest BCUT2D eigenvalue weighted by atomic mass is 10.2. The van der Waals surface area contributed by atoms with Crippen LogP contribution in [-0.2, 0) is 11.2 Å². The number of carbonyl (C=O) groups is 1. The van der Waals surface area contributed by atoms with Crippen LogP contribution in [0.4, 0.5) is 0 Å². The summed E-state index contributed by atoms with van der Waals surface area (Å²) in [4.78, 5) is 32.2. The third-order valence-corrected chi connectivity index (χ3v) is 2.89. The van der Waals surface area contributed by atoms with E-state index in [1.165, 1.54) is 32.1 Å². The van der Waals surface area contributed by atoms with Gasteiger partial charge in [0.2, 0.25) is 0 Å². The van der Waals surface area contributed by atoms with Crippen LogP contribution < -0.4 is 16.8 Å². The largest absolute Gasteiger partial charge is 0.480 e. The van der Waals surface area contributed by atoms with E-state index in [-0.39, 0.29) is 12.5 Å². The summed E-state index contributed by atoms with van der Waals surface area (Å²) in [5, 5.41) is 11.4. The molecule has 24 heavy (non-hydrogen) atoms. The molecule has 0 radical (unpaired) electrons. The molecule has 1 fully saturated rings. The van der Waals surface area contributed by atoms with E-state index >= 15 is 0 Å². The Bertz CT molecular complexity index is 658. The maximum atomic E-state index is 10.3. The molecule has 3 aliphatic rings. The number of aliphatic carboxylic acids is 1. The van der Waals surface area contributed by atoms with Gasteiger partial charge in [0, 0.05) is 31.4 Å². The van der Waals surface area contributed by atoms with E-state index in [1.54, 1.807) is 6.20 Å². The summed E-state index contributed by atoms with van der Waals surface area (Å²) in [7, 11) is 0. The molecule has 3 aliphatic heterocycles. The van der Waals surface area contributed by atoms with Gasteiger partial charge in [-0.1, -0.05) is 0 Å². The molecule has 0 aromatic carbocycles. The van der Waals surface area contributed by atoms with Crippen molar-refractivity contribution in [2.45, 2.75) is 18.5 Å². The number of amidine groups is 2. The average Bonchev–Trinajstić information content (AvgIpc) is 3.20. The topological polar surface area (TPSA) is 189 Å². The molecule has 1 aromatic rings. The number of fused-ring (bicyclic) bond motifs is 1. The van der Waals surface area contributed by atoms with Gasteiger partial charge in [-0.25, -0.2) is 20.0 Å². The van der Waals surface area contributed by atoms with Crippen molar-refractivity contribution in [1.82, 2.24) is 15.3 Å². The second-order valence-electron chi connectivity index (χ2n) is 4.93. The molecule has 0 bridgehead atoms. The summed E-state index contributed by atoms with van der Waals surface area (Å²) in [6.45, 7) is 2.50. The molecule has 1 aromatic heterocycles. The predicted octanol–water partition coefficient (Wildman–Crippen LogP) is -1.85. The molecule has 2 unspecified atom stereocenters. The highest BCUT2D eigenvalue weighted by Gasteiger charge is 2.23. The summed E-state index contributed by atoms with van der Waals surface area (Å²) < 4.78 is 0. The molecule has 0 spiro atoms. The van der Waals surface area contributed by atoms with E-state index in [0.29, 0.717) is 11.7 Å². The van der Waals surface area contributed by atoms with E-state index in [2.05, 4.69) is 35.3 Å². The summed E-state index contributed by atoms with van der Waals surface area (Å²) in [6.07, 6.45) is 6.17. The number of hydrogen-bond donors (Lipinski definition) is 5. The number of carboxylic acids is 1. The Morgan fingerprint density at radius 3 is 2.67 bits per heavy atom. The van der Waals surface area contributed by atoms with Gasteiger partial charge in [-0.05, 0) is 0 Å². The van der Waals surface area contributed by atoms with Crippen LogP contribution in [0.25, 0.3) is 0 Å². The highest BCUT2D eigenvalue weighted by atomic mass is 16.4. The van der Waals surface area contributed by atoms with Crippen LogP contribution in [-0.4, -0.2) is 70.6 Å². The first-order chi connectivity index (χ1) is 11.6. The maximum Gasteiger partial charge on any atom is 0.320 e. The number of nitrogens with one attached hydrogen (secondary N) is 2. The summed E-state index contributed by atoms with van der Waals surface area (Å²) in [6, 6.07) is -1.07. The van der Waals surface area contributed by atoms with Crippen molar-refractivity contribution in [2.24, 2.45) is 31.4 Å². The SMILES string of the molecule is C1CN1.NC(Cc1cnc[nH]1)C(=O)O.NC1=NC=NC2=NC=NC12. The number of hydrogen-bond acceptors (Lipinski definition) is 9. The number of aromatic amines is 1. The quantitative estimate of drug-likeness (QED) is 0.403. The average molecular weight is 333 g/mol. The number of imidazole rings is 1. The zero-order valence-electron chi connectivity index (χ0n) is 12.8. The maximum absolute atomic E-state index is 10.3. The lowest BCUT2D eigenvalue weighted by molar-refractivity contribution is -0.138. The van der Waals surface area contributed by atoms with Crippen molar-refractivity contribution in [3.05, 3.63) is 18.2 Å². The first-order valence-electron chi connectivity index (χ1n) is 7.19. The number of nitrogens with two attached hydrogens (primary N) is 2. The van der Waals surface area contributed by atoms with Crippen LogP contribution in [0.5, 0.6) is 0 Å². The molecule has 0 aliphatic carbocycles. The minimum absolute atomic E-state index is 0.218. The van der Waals surface area contributed by atoms with Crippen molar-refractivity contribution in [3.63, 3.8) is 0 Å². The molecular weight excluding hydrogens is 314 g/mol. The lowest BCUT2D eigenvalue weighted by Crippen LogP contribution is -2.34. The van der Waals surface area contributed by atoms with Gasteiger partial charge in [0.1, 0.15) is 24.6 Å². The molecule has 7 N–H and O–H groups in total. The van der Waals surface area contributed by atoms with E-state index in [0.717, 1.165) is 5.69 Å². The predicted molar refractivity (Wildman–Crippen MR) is 90.6 cm³/mol. The molecule has 11 heteroatoms. The second kappa shape index (κ2) is 8.64. The first kappa shape index (κ1) is 17.4. The molecule has 0 saturated carbocycles. The molecule has 4 rings (SSSR count). The molecule has 11 nitrogen and oxygen atoms in total. The lowest BCUT2D eigenvalue weighted by Gasteiger charge is -2.08. The minimum atomic E-state index is -1.00. The van der Waals surface area contributed by atoms with Crippen LogP contribution >= 0.6 is 0 Å². The Kier molecular flexibility index (Phi) is 6.28. The number of aliphatic imine (C=N–C) groups is 4. The smallest absolute Gasteiger partial charge is 0.320 e. The van der Waals surface area contributed by atoms with E-state index < -0.39 is 12.0 Å². The standard InChI is InChI=1S/C6H9N3O2.C5H5N5.C2H5N/c7-5(6(10)11)1-4-2-8-3-9-4;6-4-3-5(9-1-7-3)10-2-8-4;1-2-3-1/h2-3,5H,1,7H2,(H,8,9)(H,10,11);1-3H,(H2,6,7,8,9,10);3H,1-2H2. The van der Waals surface area contributed by atoms with Crippen LogP contribution in [0, 0.1) is 0 Å². The number of aromatic nitrogens is 2. The number of nitrogens with zero attached hydrogens (tertiary/aromatic N) is 5. The fourth-order valence-electron chi connectivity index (χ4n) is 1.55. The van der Waals surface area contributed by atoms with Crippen molar-refractivity contribution in [1.29, 1.82) is 0 Å². The molecule has 2 atom stereocenters. The highest BCUT2D eigenvalue weighted by molar-refractivity contribution is 6.19. The fourth-order valence-corrected chi connectivity index (χ4v) is 1.55. The van der Waals surface area contributed by atoms with Crippen LogP contribution in [0.1, 0.15) is 5.69 Å². The van der Waals surface area contributed by atoms with Gasteiger partial charge in [0.15, 0.2) is 11.9 Å². The third kappa shape index (κ3) is 5.70.